The smallest absolute Gasteiger partial charge is 2.00 e. The molecule has 0 rings (SSSR count). The summed E-state index contributed by atoms with van der Waals surface area (Å²) in [5.41, 5.74) is 0. The molecule has 0 aromatic heterocycles. The molecule has 0 unspecified atom stereocenters. The van der Waals surface area contributed by atoms with E-state index < -0.39 is 0 Å². The number of rotatable bonds is 0. The Balaban J connectivity index is 0. The van der Waals surface area contributed by atoms with Crippen molar-refractivity contribution in [2.45, 2.75) is 0 Å². The monoisotopic (exact) mass is 370 g/mol. The molecule has 0 aliphatic rings. The first-order valence-corrected chi connectivity index (χ1v) is 0. The van der Waals surface area contributed by atoms with E-state index in [0.29, 0.717) is 0 Å². The van der Waals surface area contributed by atoms with Crippen LogP contribution in [0, 0.1) is 0 Å². The predicted molar refractivity (Wildman–Crippen MR) is 6.72 cm³/mol. The van der Waals surface area contributed by atoms with Crippen molar-refractivity contribution in [1.29, 1.82) is 0 Å². The molecule has 0 aromatic carbocycles. The van der Waals surface area contributed by atoms with Crippen LogP contribution in [0.15, 0.2) is 0 Å². The van der Waals surface area contributed by atoms with Crippen LogP contribution in [0.1, 0.15) is 0 Å². The third-order valence-corrected chi connectivity index (χ3v) is 0. The van der Waals surface area contributed by atoms with Gasteiger partial charge >= 0.3 is 81.9 Å². The van der Waals surface area contributed by atoms with E-state index in [2.05, 4.69) is 0 Å². The fraction of sp³-hybridized carbons (Fsp3) is 0. The van der Waals surface area contributed by atoms with Crippen LogP contribution in [0.25, 0.3) is 12.3 Å². The van der Waals surface area contributed by atoms with Gasteiger partial charge in [-0.1, -0.05) is 0 Å². The zero-order valence-electron chi connectivity index (χ0n) is 3.02. The second kappa shape index (κ2) is 30.0. The second-order valence-electron chi connectivity index (χ2n) is 0. The summed E-state index contributed by atoms with van der Waals surface area (Å²) in [5, 5.41) is 0. The van der Waals surface area contributed by atoms with Gasteiger partial charge in [0.2, 0.25) is 0 Å². The molecule has 2 nitrogen and oxygen atoms in total. The first-order valence-electron chi connectivity index (χ1n) is 0. The summed E-state index contributed by atoms with van der Waals surface area (Å²) in [7, 11) is 0. The van der Waals surface area contributed by atoms with Crippen LogP contribution in [-0.4, -0.2) is 0 Å². The zero-order chi connectivity index (χ0) is 0. The van der Waals surface area contributed by atoms with Crippen LogP contribution in [0.4, 0.5) is 0 Å². The summed E-state index contributed by atoms with van der Waals surface area (Å²) in [6.45, 7) is 0. The second-order valence-corrected chi connectivity index (χ2v) is 0. The van der Waals surface area contributed by atoms with Crippen LogP contribution in [0.3, 0.4) is 0 Å². The summed E-state index contributed by atoms with van der Waals surface area (Å²) in [5.74, 6) is 0. The molecular weight excluding hydrogens is 365 g/mol. The van der Waals surface area contributed by atoms with Gasteiger partial charge in [0.15, 0.2) is 0 Å². The summed E-state index contributed by atoms with van der Waals surface area (Å²) in [6, 6.07) is 0. The molecule has 0 aliphatic carbocycles. The van der Waals surface area contributed by atoms with E-state index in [1.165, 1.54) is 0 Å². The van der Waals surface area contributed by atoms with Gasteiger partial charge in [0.25, 0.3) is 0 Å². The Morgan fingerprint density at radius 3 is 0.400 bits per heavy atom. The van der Waals surface area contributed by atoms with E-state index in [1.54, 1.807) is 0 Å². The van der Waals surface area contributed by atoms with Crippen molar-refractivity contribution >= 4 is 0 Å². The van der Waals surface area contributed by atoms with Gasteiger partial charge in [0.05, 0.1) is 0 Å². The molecule has 5 heteroatoms. The van der Waals surface area contributed by atoms with E-state index in [9.17, 15) is 0 Å². The number of hydrogen-bond acceptors (Lipinski definition) is 0. The fourth-order valence-electron chi connectivity index (χ4n) is 0. The van der Waals surface area contributed by atoms with Crippen molar-refractivity contribution in [2.24, 2.45) is 0 Å². The molecule has 0 spiro atoms. The van der Waals surface area contributed by atoms with Gasteiger partial charge in [0, 0.05) is 0 Å². The van der Waals surface area contributed by atoms with Gasteiger partial charge in [-0.15, -0.1) is 0 Å². The minimum atomic E-state index is 0. The minimum absolute atomic E-state index is 0. The molecule has 0 atom stereocenters. The van der Waals surface area contributed by atoms with Crippen LogP contribution in [-0.2, 0) is 81.9 Å². The topological polar surface area (TPSA) is 61.0 Å². The van der Waals surface area contributed by atoms with E-state index in [-0.39, 0.29) is 94.2 Å². The van der Waals surface area contributed by atoms with Crippen LogP contribution in [0.2, 0.25) is 0 Å². The molecule has 0 fully saturated rings. The molecule has 16 valence electrons. The zero-order valence-corrected chi connectivity index (χ0v) is 15.1. The average Bonchev–Trinajstić information content (AvgIpc) is 0. The Labute approximate surface area is 92.5 Å². The molecule has 0 saturated carbocycles. The van der Waals surface area contributed by atoms with Gasteiger partial charge in [-0.2, -0.15) is 0 Å². The van der Waals surface area contributed by atoms with Crippen LogP contribution >= 0.6 is 0 Å². The Morgan fingerprint density at radius 1 is 0.400 bits per heavy atom. The fourth-order valence-corrected chi connectivity index (χ4v) is 0. The normalized spacial score (nSPS) is 0. The van der Waals surface area contributed by atoms with E-state index in [4.69, 9.17) is 0 Å². The minimum Gasteiger partial charge on any atom is -3.00 e. The Morgan fingerprint density at radius 2 is 0.400 bits per heavy atom. The molecule has 0 N–H and O–H groups in total. The van der Waals surface area contributed by atoms with Crippen molar-refractivity contribution in [2.75, 3.05) is 0 Å². The Bertz CT molecular complexity index is 4.85. The molecule has 0 radical (unpaired) electrons. The molecule has 0 bridgehead atoms. The number of hydrogen-bond donors (Lipinski definition) is 0. The Kier molecular flexibility index (Phi) is 285. The maximum Gasteiger partial charge on any atom is 2.00 e. The predicted octanol–water partition coefficient (Wildman–Crippen LogP) is 0.570. The summed E-state index contributed by atoms with van der Waals surface area (Å²) in [6.07, 6.45) is 0. The van der Waals surface area contributed by atoms with Crippen molar-refractivity contribution in [3.05, 3.63) is 12.3 Å². The first-order chi connectivity index (χ1) is 0. The third kappa shape index (κ3) is 20.3. The number of nitrogens with zero attached hydrogens (tertiary/aromatic N) is 2. The molecule has 0 heterocycles. The van der Waals surface area contributed by atoms with Crippen molar-refractivity contribution in [1.82, 2.24) is 0 Å². The van der Waals surface area contributed by atoms with E-state index >= 15 is 0 Å². The first kappa shape index (κ1) is 47.6. The van der Waals surface area contributed by atoms with Crippen molar-refractivity contribution in [3.8, 4) is 0 Å². The van der Waals surface area contributed by atoms with Gasteiger partial charge in [-0.3, -0.25) is 0 Å². The molecule has 5 heavy (non-hydrogen) atoms. The van der Waals surface area contributed by atoms with Crippen molar-refractivity contribution in [3.63, 3.8) is 0 Å². The molecule has 0 amide bonds. The van der Waals surface area contributed by atoms with Crippen LogP contribution < -0.4 is 0 Å². The van der Waals surface area contributed by atoms with Crippen molar-refractivity contribution < 1.29 is 81.9 Å². The van der Waals surface area contributed by atoms with E-state index in [1.807, 2.05) is 0 Å². The summed E-state index contributed by atoms with van der Waals surface area (Å²) < 4.78 is 0. The van der Waals surface area contributed by atoms with Gasteiger partial charge in [-0.05, 0) is 0 Å². The SMILES string of the molecule is [Cd+2].[Cd+2].[Cd+2].[N-3].[N-3]. The summed E-state index contributed by atoms with van der Waals surface area (Å²) in [4.78, 5) is 0. The van der Waals surface area contributed by atoms with Gasteiger partial charge in [0.1, 0.15) is 0 Å². The quantitative estimate of drug-likeness (QED) is 0.564. The average molecular weight is 365 g/mol. The summed E-state index contributed by atoms with van der Waals surface area (Å²) >= 11 is 0. The van der Waals surface area contributed by atoms with Gasteiger partial charge in [-0.25, -0.2) is 0 Å². The molecule has 0 aliphatic heterocycles. The largest absolute Gasteiger partial charge is 3.00 e. The Hall–Kier alpha value is 2.69. The molecule has 0 aromatic rings. The molecule has 0 saturated heterocycles. The maximum absolute atomic E-state index is 0. The maximum atomic E-state index is 0. The third-order valence-electron chi connectivity index (χ3n) is 0. The van der Waals surface area contributed by atoms with Gasteiger partial charge < -0.3 is 12.3 Å². The van der Waals surface area contributed by atoms with Crippen LogP contribution in [0.5, 0.6) is 0 Å². The molecular formula is Cd3N2. The standard InChI is InChI=1S/3Cd.2N/q3*+2;2*-3. The van der Waals surface area contributed by atoms with E-state index in [0.717, 1.165) is 0 Å².